The summed E-state index contributed by atoms with van der Waals surface area (Å²) in [4.78, 5) is 0. The van der Waals surface area contributed by atoms with E-state index in [1.165, 1.54) is 24.0 Å². The molecule has 0 radical (unpaired) electrons. The topological polar surface area (TPSA) is 72.1 Å². The first-order valence-corrected chi connectivity index (χ1v) is 13.1. The molecule has 0 aliphatic heterocycles. The zero-order chi connectivity index (χ0) is 27.5. The van der Waals surface area contributed by atoms with Crippen molar-refractivity contribution in [1.82, 2.24) is 0 Å². The van der Waals surface area contributed by atoms with Crippen molar-refractivity contribution in [3.05, 3.63) is 59.7 Å². The van der Waals surface area contributed by atoms with Crippen LogP contribution in [0.5, 0.6) is 11.5 Å². The molecule has 0 aromatic heterocycles. The van der Waals surface area contributed by atoms with Crippen molar-refractivity contribution in [2.24, 2.45) is 16.6 Å². The molecule has 0 atom stereocenters. The summed E-state index contributed by atoms with van der Waals surface area (Å²) in [6.45, 7) is 25.4. The van der Waals surface area contributed by atoms with Gasteiger partial charge in [-0.2, -0.15) is 0 Å². The van der Waals surface area contributed by atoms with Gasteiger partial charge in [0.2, 0.25) is 0 Å². The van der Waals surface area contributed by atoms with Gasteiger partial charge in [0.1, 0.15) is 0 Å². The maximum atomic E-state index is 11.0. The van der Waals surface area contributed by atoms with Gasteiger partial charge in [-0.1, -0.05) is 131 Å². The normalized spacial score (nSPS) is 11.9. The summed E-state index contributed by atoms with van der Waals surface area (Å²) in [7, 11) is 0. The summed E-state index contributed by atoms with van der Waals surface area (Å²) in [6.07, 6.45) is 4.60. The van der Waals surface area contributed by atoms with Crippen molar-refractivity contribution in [1.29, 1.82) is 0 Å². The minimum Gasteiger partial charge on any atom is -0.872 e. The average molecular weight is 542 g/mol. The summed E-state index contributed by atoms with van der Waals surface area (Å²) >= 11 is 0. The second-order valence-corrected chi connectivity index (χ2v) is 13.4. The van der Waals surface area contributed by atoms with Crippen molar-refractivity contribution >= 4 is 0 Å². The van der Waals surface area contributed by atoms with Crippen LogP contribution in [-0.2, 0) is 27.3 Å². The molecule has 0 saturated carbocycles. The summed E-state index contributed by atoms with van der Waals surface area (Å²) < 4.78 is 0. The fourth-order valence-electron chi connectivity index (χ4n) is 4.87. The molecule has 0 unspecified atom stereocenters. The Morgan fingerprint density at radius 2 is 0.861 bits per heavy atom. The van der Waals surface area contributed by atoms with Gasteiger partial charge in [0.25, 0.3) is 0 Å². The third-order valence-corrected chi connectivity index (χ3v) is 5.77. The van der Waals surface area contributed by atoms with Crippen molar-refractivity contribution in [3.63, 3.8) is 0 Å². The monoisotopic (exact) mass is 541 g/mol. The molecule has 2 aromatic carbocycles. The van der Waals surface area contributed by atoms with Gasteiger partial charge in [-0.3, -0.25) is 0 Å². The Bertz CT molecular complexity index is 755. The number of benzene rings is 2. The molecule has 0 aliphatic carbocycles. The smallest absolute Gasteiger partial charge is 0.872 e. The fraction of sp³-hybridized carbons (Fsp3) is 0.625. The first-order valence-electron chi connectivity index (χ1n) is 13.1. The molecule has 0 aliphatic rings. The molecule has 0 amide bonds. The van der Waals surface area contributed by atoms with Crippen LogP contribution in [0.2, 0.25) is 0 Å². The van der Waals surface area contributed by atoms with E-state index in [1.807, 2.05) is 24.3 Å². The van der Waals surface area contributed by atoms with Crippen LogP contribution in [-0.4, -0.2) is 6.54 Å². The quantitative estimate of drug-likeness (QED) is 0.381. The number of hydrogen-bond donors (Lipinski definition) is 1. The van der Waals surface area contributed by atoms with E-state index in [0.717, 1.165) is 19.4 Å². The molecule has 0 spiro atoms. The Morgan fingerprint density at radius 1 is 0.583 bits per heavy atom. The largest absolute Gasteiger partial charge is 2.00 e. The maximum absolute atomic E-state index is 11.0. The third-order valence-electron chi connectivity index (χ3n) is 5.77. The van der Waals surface area contributed by atoms with Gasteiger partial charge in [-0.05, 0) is 58.6 Å². The average Bonchev–Trinajstić information content (AvgIpc) is 2.67. The van der Waals surface area contributed by atoms with Crippen LogP contribution in [0.3, 0.4) is 0 Å². The summed E-state index contributed by atoms with van der Waals surface area (Å²) in [5, 5.41) is 22.1. The van der Waals surface area contributed by atoms with Gasteiger partial charge >= 0.3 is 16.5 Å². The first-order chi connectivity index (χ1) is 15.8. The molecular weight excluding hydrogens is 489 g/mol. The Balaban J connectivity index is 0. The minimum atomic E-state index is 0. The Kier molecular flexibility index (Phi) is 16.0. The van der Waals surface area contributed by atoms with E-state index in [-0.39, 0.29) is 38.8 Å². The number of unbranched alkanes of at least 4 members (excludes halogenated alkanes) is 1. The van der Waals surface area contributed by atoms with Crippen LogP contribution in [0.4, 0.5) is 0 Å². The van der Waals surface area contributed by atoms with E-state index >= 15 is 0 Å². The van der Waals surface area contributed by atoms with E-state index in [4.69, 9.17) is 5.73 Å². The maximum Gasteiger partial charge on any atom is 2.00 e. The van der Waals surface area contributed by atoms with Crippen LogP contribution in [0.15, 0.2) is 48.5 Å². The molecule has 0 bridgehead atoms. The SMILES string of the molecule is CC(C)(C)CC(C)(C)c1ccc([O-])cc1.CC(C)(C)CC(C)(C)c1ccc([O-])cc1.CCCCN.[Ni+2]. The predicted molar refractivity (Wildman–Crippen MR) is 150 cm³/mol. The van der Waals surface area contributed by atoms with Gasteiger partial charge < -0.3 is 15.9 Å². The number of rotatable bonds is 6. The zero-order valence-electron chi connectivity index (χ0n) is 24.9. The molecule has 2 rings (SSSR count). The predicted octanol–water partition coefficient (Wildman–Crippen LogP) is 7.69. The summed E-state index contributed by atoms with van der Waals surface area (Å²) in [5.74, 6) is 0.176. The number of nitrogens with two attached hydrogens (primary N) is 1. The molecule has 0 fully saturated rings. The van der Waals surface area contributed by atoms with Crippen LogP contribution in [0.1, 0.15) is 113 Å². The van der Waals surface area contributed by atoms with Crippen LogP contribution in [0, 0.1) is 10.8 Å². The van der Waals surface area contributed by atoms with E-state index < -0.39 is 0 Å². The third kappa shape index (κ3) is 16.3. The number of hydrogen-bond acceptors (Lipinski definition) is 3. The van der Waals surface area contributed by atoms with Crippen LogP contribution in [0.25, 0.3) is 0 Å². The Labute approximate surface area is 233 Å². The molecule has 208 valence electrons. The molecule has 4 heteroatoms. The molecule has 0 saturated heterocycles. The second-order valence-electron chi connectivity index (χ2n) is 13.4. The van der Waals surface area contributed by atoms with Crippen LogP contribution >= 0.6 is 0 Å². The molecule has 0 heterocycles. The van der Waals surface area contributed by atoms with Crippen molar-refractivity contribution in [2.75, 3.05) is 6.54 Å². The molecule has 3 nitrogen and oxygen atoms in total. The van der Waals surface area contributed by atoms with E-state index in [2.05, 4.69) is 76.2 Å². The van der Waals surface area contributed by atoms with E-state index in [9.17, 15) is 10.2 Å². The molecule has 2 aromatic rings. The van der Waals surface area contributed by atoms with Crippen molar-refractivity contribution < 1.29 is 26.7 Å². The fourth-order valence-corrected chi connectivity index (χ4v) is 4.87. The zero-order valence-corrected chi connectivity index (χ0v) is 25.9. The Morgan fingerprint density at radius 3 is 1.03 bits per heavy atom. The molecule has 36 heavy (non-hydrogen) atoms. The minimum absolute atomic E-state index is 0. The summed E-state index contributed by atoms with van der Waals surface area (Å²) in [6, 6.07) is 14.4. The first kappa shape index (κ1) is 36.6. The van der Waals surface area contributed by atoms with Gasteiger partial charge in [-0.25, -0.2) is 0 Å². The van der Waals surface area contributed by atoms with Crippen LogP contribution < -0.4 is 15.9 Å². The van der Waals surface area contributed by atoms with Gasteiger partial charge in [-0.15, -0.1) is 11.5 Å². The van der Waals surface area contributed by atoms with E-state index in [1.54, 1.807) is 24.3 Å². The van der Waals surface area contributed by atoms with Crippen molar-refractivity contribution in [3.8, 4) is 11.5 Å². The van der Waals surface area contributed by atoms with Gasteiger partial charge in [0.15, 0.2) is 0 Å². The Hall–Kier alpha value is -1.51. The van der Waals surface area contributed by atoms with Crippen molar-refractivity contribution in [2.45, 2.75) is 113 Å². The second kappa shape index (κ2) is 15.7. The molecular formula is C32H53NNiO2. The van der Waals surface area contributed by atoms with Gasteiger partial charge in [0, 0.05) is 0 Å². The molecule has 2 N–H and O–H groups in total. The standard InChI is InChI=1S/2C14H22O.C4H11N.Ni/c2*1-13(2,3)10-14(4,5)11-6-8-12(15)9-7-11;1-2-3-4-5;/h2*6-9,15H,10H2,1-5H3;2-5H2,1H3;/q;;;+2/p-2. The van der Waals surface area contributed by atoms with Gasteiger partial charge in [0.05, 0.1) is 0 Å². The summed E-state index contributed by atoms with van der Waals surface area (Å²) in [5.41, 5.74) is 8.51. The van der Waals surface area contributed by atoms with E-state index in [0.29, 0.717) is 10.8 Å².